The van der Waals surface area contributed by atoms with Gasteiger partial charge >= 0.3 is 0 Å². The predicted molar refractivity (Wildman–Crippen MR) is 62.2 cm³/mol. The van der Waals surface area contributed by atoms with Gasteiger partial charge in [0.25, 0.3) is 0 Å². The van der Waals surface area contributed by atoms with Crippen molar-refractivity contribution >= 4 is 15.9 Å². The third-order valence-corrected chi connectivity index (χ3v) is 2.14. The first-order chi connectivity index (χ1) is 7.34. The van der Waals surface area contributed by atoms with Crippen molar-refractivity contribution in [2.75, 3.05) is 0 Å². The van der Waals surface area contributed by atoms with Gasteiger partial charge in [-0.3, -0.25) is 0 Å². The van der Waals surface area contributed by atoms with Crippen LogP contribution in [0.2, 0.25) is 0 Å². The lowest BCUT2D eigenvalue weighted by atomic mass is 10.2. The fraction of sp³-hybridized carbons (Fsp3) is 0. The van der Waals surface area contributed by atoms with Crippen molar-refractivity contribution in [3.8, 4) is 11.8 Å². The van der Waals surface area contributed by atoms with Crippen molar-refractivity contribution in [3.63, 3.8) is 0 Å². The normalized spacial score (nSPS) is 9.13. The summed E-state index contributed by atoms with van der Waals surface area (Å²) in [5.74, 6) is 5.96. The number of aromatic nitrogens is 2. The number of hydrogen-bond donors (Lipinski definition) is 0. The van der Waals surface area contributed by atoms with Crippen LogP contribution >= 0.6 is 15.9 Å². The van der Waals surface area contributed by atoms with Gasteiger partial charge in [-0.1, -0.05) is 24.1 Å². The average Bonchev–Trinajstić information content (AvgIpc) is 2.30. The fourth-order valence-corrected chi connectivity index (χ4v) is 1.24. The van der Waals surface area contributed by atoms with Crippen LogP contribution in [0, 0.1) is 11.8 Å². The summed E-state index contributed by atoms with van der Waals surface area (Å²) >= 11 is 3.22. The second kappa shape index (κ2) is 4.72. The summed E-state index contributed by atoms with van der Waals surface area (Å²) in [5, 5.41) is 0. The molecule has 1 aromatic carbocycles. The molecule has 0 amide bonds. The van der Waals surface area contributed by atoms with Gasteiger partial charge in [-0.2, -0.15) is 0 Å². The van der Waals surface area contributed by atoms with E-state index in [4.69, 9.17) is 0 Å². The van der Waals surface area contributed by atoms with Gasteiger partial charge in [0.15, 0.2) is 0 Å². The van der Waals surface area contributed by atoms with E-state index in [1.54, 1.807) is 12.4 Å². The summed E-state index contributed by atoms with van der Waals surface area (Å²) in [6.07, 6.45) is 3.27. The van der Waals surface area contributed by atoms with E-state index in [1.165, 1.54) is 0 Å². The SMILES string of the molecule is Brc1cnc(C#Cc2ccccc2)cn1. The molecule has 2 nitrogen and oxygen atoms in total. The number of hydrogen-bond acceptors (Lipinski definition) is 2. The summed E-state index contributed by atoms with van der Waals surface area (Å²) in [4.78, 5) is 8.15. The van der Waals surface area contributed by atoms with Gasteiger partial charge in [-0.15, -0.1) is 0 Å². The molecule has 0 bridgehead atoms. The Bertz CT molecular complexity index is 495. The van der Waals surface area contributed by atoms with Crippen molar-refractivity contribution in [2.45, 2.75) is 0 Å². The summed E-state index contributed by atoms with van der Waals surface area (Å²) < 4.78 is 0.716. The molecule has 3 heteroatoms. The molecule has 2 aromatic rings. The van der Waals surface area contributed by atoms with E-state index in [0.717, 1.165) is 5.56 Å². The van der Waals surface area contributed by atoms with Gasteiger partial charge in [0.2, 0.25) is 0 Å². The molecule has 0 saturated carbocycles. The number of halogens is 1. The van der Waals surface area contributed by atoms with Crippen molar-refractivity contribution in [2.24, 2.45) is 0 Å². The highest BCUT2D eigenvalue weighted by atomic mass is 79.9. The molecule has 72 valence electrons. The Kier molecular flexibility index (Phi) is 3.11. The minimum atomic E-state index is 0.669. The van der Waals surface area contributed by atoms with Gasteiger partial charge in [-0.25, -0.2) is 9.97 Å². The second-order valence-corrected chi connectivity index (χ2v) is 3.65. The summed E-state index contributed by atoms with van der Waals surface area (Å²) in [6.45, 7) is 0. The van der Waals surface area contributed by atoms with Crippen LogP contribution in [0.15, 0.2) is 47.3 Å². The topological polar surface area (TPSA) is 25.8 Å². The Morgan fingerprint density at radius 1 is 0.933 bits per heavy atom. The molecular formula is C12H7BrN2. The second-order valence-electron chi connectivity index (χ2n) is 2.84. The van der Waals surface area contributed by atoms with Crippen LogP contribution in [0.1, 0.15) is 11.3 Å². The van der Waals surface area contributed by atoms with E-state index in [1.807, 2.05) is 30.3 Å². The minimum absolute atomic E-state index is 0.669. The Labute approximate surface area is 96.5 Å². The molecule has 0 aliphatic carbocycles. The fourth-order valence-electron chi connectivity index (χ4n) is 1.03. The summed E-state index contributed by atoms with van der Waals surface area (Å²) in [7, 11) is 0. The zero-order valence-electron chi connectivity index (χ0n) is 7.81. The summed E-state index contributed by atoms with van der Waals surface area (Å²) in [5.41, 5.74) is 1.64. The van der Waals surface area contributed by atoms with Gasteiger partial charge in [0, 0.05) is 5.56 Å². The maximum Gasteiger partial charge on any atom is 0.131 e. The number of rotatable bonds is 0. The van der Waals surface area contributed by atoms with E-state index in [2.05, 4.69) is 37.7 Å². The summed E-state index contributed by atoms with van der Waals surface area (Å²) in [6, 6.07) is 9.79. The van der Waals surface area contributed by atoms with E-state index >= 15 is 0 Å². The Morgan fingerprint density at radius 2 is 1.73 bits per heavy atom. The lowest BCUT2D eigenvalue weighted by molar-refractivity contribution is 1.14. The molecule has 0 spiro atoms. The van der Waals surface area contributed by atoms with Crippen LogP contribution in [-0.4, -0.2) is 9.97 Å². The van der Waals surface area contributed by atoms with E-state index in [0.29, 0.717) is 10.3 Å². The highest BCUT2D eigenvalue weighted by Crippen LogP contribution is 2.02. The molecule has 0 aliphatic rings. The third kappa shape index (κ3) is 2.90. The molecule has 0 unspecified atom stereocenters. The van der Waals surface area contributed by atoms with E-state index < -0.39 is 0 Å². The highest BCUT2D eigenvalue weighted by molar-refractivity contribution is 9.10. The molecule has 0 N–H and O–H groups in total. The lowest BCUT2D eigenvalue weighted by Crippen LogP contribution is -1.84. The van der Waals surface area contributed by atoms with Crippen molar-refractivity contribution in [1.82, 2.24) is 9.97 Å². The van der Waals surface area contributed by atoms with E-state index in [9.17, 15) is 0 Å². The van der Waals surface area contributed by atoms with Crippen LogP contribution in [0.4, 0.5) is 0 Å². The van der Waals surface area contributed by atoms with Crippen molar-refractivity contribution in [3.05, 3.63) is 58.6 Å². The molecular weight excluding hydrogens is 252 g/mol. The van der Waals surface area contributed by atoms with Crippen LogP contribution in [0.3, 0.4) is 0 Å². The highest BCUT2D eigenvalue weighted by Gasteiger charge is 1.89. The molecule has 0 atom stereocenters. The predicted octanol–water partition coefficient (Wildman–Crippen LogP) is 2.64. The smallest absolute Gasteiger partial charge is 0.131 e. The quantitative estimate of drug-likeness (QED) is 0.680. The van der Waals surface area contributed by atoms with Crippen LogP contribution in [0.5, 0.6) is 0 Å². The molecule has 15 heavy (non-hydrogen) atoms. The van der Waals surface area contributed by atoms with E-state index in [-0.39, 0.29) is 0 Å². The largest absolute Gasteiger partial charge is 0.245 e. The Hall–Kier alpha value is -1.66. The van der Waals surface area contributed by atoms with Crippen LogP contribution in [0.25, 0.3) is 0 Å². The Balaban J connectivity index is 2.22. The molecule has 2 rings (SSSR count). The average molecular weight is 259 g/mol. The third-order valence-electron chi connectivity index (χ3n) is 1.73. The molecule has 1 aromatic heterocycles. The van der Waals surface area contributed by atoms with Crippen molar-refractivity contribution in [1.29, 1.82) is 0 Å². The molecule has 1 heterocycles. The maximum absolute atomic E-state index is 4.11. The first-order valence-corrected chi connectivity index (χ1v) is 5.18. The number of benzene rings is 1. The van der Waals surface area contributed by atoms with Crippen LogP contribution < -0.4 is 0 Å². The van der Waals surface area contributed by atoms with Crippen molar-refractivity contribution < 1.29 is 0 Å². The number of nitrogens with zero attached hydrogens (tertiary/aromatic N) is 2. The molecule has 0 radical (unpaired) electrons. The zero-order chi connectivity index (χ0) is 10.5. The molecule has 0 saturated heterocycles. The van der Waals surface area contributed by atoms with Gasteiger partial charge in [-0.05, 0) is 34.0 Å². The lowest BCUT2D eigenvalue weighted by Gasteiger charge is -1.89. The first kappa shape index (κ1) is 9.88. The van der Waals surface area contributed by atoms with Gasteiger partial charge in [0.1, 0.15) is 10.3 Å². The minimum Gasteiger partial charge on any atom is -0.245 e. The first-order valence-electron chi connectivity index (χ1n) is 4.39. The monoisotopic (exact) mass is 258 g/mol. The molecule has 0 aliphatic heterocycles. The van der Waals surface area contributed by atoms with Gasteiger partial charge < -0.3 is 0 Å². The maximum atomic E-state index is 4.11. The Morgan fingerprint density at radius 3 is 2.40 bits per heavy atom. The zero-order valence-corrected chi connectivity index (χ0v) is 9.40. The van der Waals surface area contributed by atoms with Crippen LogP contribution in [-0.2, 0) is 0 Å². The molecule has 0 fully saturated rings. The standard InChI is InChI=1S/C12H7BrN2/c13-12-9-14-11(8-15-12)7-6-10-4-2-1-3-5-10/h1-5,8-9H. The van der Waals surface area contributed by atoms with Gasteiger partial charge in [0.05, 0.1) is 12.4 Å².